The van der Waals surface area contributed by atoms with E-state index in [9.17, 15) is 4.79 Å². The molecule has 0 aliphatic heterocycles. The van der Waals surface area contributed by atoms with Gasteiger partial charge in [-0.15, -0.1) is 0 Å². The third-order valence-corrected chi connectivity index (χ3v) is 3.01. The molecule has 1 rings (SSSR count). The van der Waals surface area contributed by atoms with E-state index in [1.807, 2.05) is 0 Å². The second-order valence-electron chi connectivity index (χ2n) is 4.33. The number of hydrogen-bond acceptors (Lipinski definition) is 2. The Morgan fingerprint density at radius 2 is 2.29 bits per heavy atom. The molecule has 1 saturated carbocycles. The first kappa shape index (κ1) is 11.3. The molecule has 2 atom stereocenters. The molecule has 1 aliphatic rings. The van der Waals surface area contributed by atoms with Crippen LogP contribution in [0.15, 0.2) is 0 Å². The van der Waals surface area contributed by atoms with Crippen LogP contribution in [0.3, 0.4) is 0 Å². The fourth-order valence-corrected chi connectivity index (χ4v) is 2.26. The van der Waals surface area contributed by atoms with Gasteiger partial charge in [-0.25, -0.2) is 10.6 Å². The minimum atomic E-state index is -0.283. The largest absolute Gasteiger partial charge is 0.337 e. The highest BCUT2D eigenvalue weighted by molar-refractivity contribution is 5.72. The maximum atomic E-state index is 10.8. The topological polar surface area (TPSA) is 67.2 Å². The van der Waals surface area contributed by atoms with Gasteiger partial charge in [0.2, 0.25) is 0 Å². The van der Waals surface area contributed by atoms with Crippen LogP contribution < -0.4 is 16.6 Å². The Hall–Kier alpha value is -0.770. The van der Waals surface area contributed by atoms with Crippen molar-refractivity contribution in [3.05, 3.63) is 0 Å². The summed E-state index contributed by atoms with van der Waals surface area (Å²) in [6, 6.07) is -0.283. The second-order valence-corrected chi connectivity index (χ2v) is 4.33. The lowest BCUT2D eigenvalue weighted by Crippen LogP contribution is -2.40. The summed E-state index contributed by atoms with van der Waals surface area (Å²) in [5.41, 5.74) is 2.06. The van der Waals surface area contributed by atoms with E-state index < -0.39 is 0 Å². The highest BCUT2D eigenvalue weighted by Crippen LogP contribution is 2.30. The third-order valence-electron chi connectivity index (χ3n) is 3.01. The smallest absolute Gasteiger partial charge is 0.328 e. The van der Waals surface area contributed by atoms with Crippen molar-refractivity contribution >= 4 is 6.03 Å². The van der Waals surface area contributed by atoms with Gasteiger partial charge in [-0.1, -0.05) is 26.2 Å². The average molecular weight is 199 g/mol. The van der Waals surface area contributed by atoms with Gasteiger partial charge in [0.15, 0.2) is 0 Å². The van der Waals surface area contributed by atoms with Gasteiger partial charge in [0.05, 0.1) is 0 Å². The number of urea groups is 1. The van der Waals surface area contributed by atoms with Gasteiger partial charge < -0.3 is 5.32 Å². The van der Waals surface area contributed by atoms with Crippen LogP contribution in [0.5, 0.6) is 0 Å². The molecule has 82 valence electrons. The number of rotatable bonds is 3. The Morgan fingerprint density at radius 1 is 1.50 bits per heavy atom. The molecule has 0 saturated heterocycles. The molecule has 0 radical (unpaired) electrons. The van der Waals surface area contributed by atoms with Crippen LogP contribution in [-0.4, -0.2) is 12.6 Å². The van der Waals surface area contributed by atoms with Crippen LogP contribution in [0.4, 0.5) is 4.79 Å². The van der Waals surface area contributed by atoms with Crippen molar-refractivity contribution in [1.29, 1.82) is 0 Å². The summed E-state index contributed by atoms with van der Waals surface area (Å²) in [6.07, 6.45) is 6.42. The Kier molecular flexibility index (Phi) is 4.73. The molecule has 0 heterocycles. The van der Waals surface area contributed by atoms with E-state index in [0.29, 0.717) is 0 Å². The molecule has 1 aliphatic carbocycles. The SMILES string of the molecule is CC1CCCC(CCNC(=O)NN)C1. The van der Waals surface area contributed by atoms with Gasteiger partial charge in [0, 0.05) is 6.54 Å². The molecule has 0 aromatic carbocycles. The standard InChI is InChI=1S/C10H21N3O/c1-8-3-2-4-9(7-8)5-6-12-10(14)13-11/h8-9H,2-7,11H2,1H3,(H2,12,13,14). The predicted octanol–water partition coefficient (Wildman–Crippen LogP) is 1.38. The zero-order valence-corrected chi connectivity index (χ0v) is 8.88. The predicted molar refractivity (Wildman–Crippen MR) is 56.5 cm³/mol. The minimum Gasteiger partial charge on any atom is -0.337 e. The van der Waals surface area contributed by atoms with E-state index in [0.717, 1.165) is 24.8 Å². The van der Waals surface area contributed by atoms with Gasteiger partial charge >= 0.3 is 6.03 Å². The molecule has 4 N–H and O–H groups in total. The summed E-state index contributed by atoms with van der Waals surface area (Å²) in [4.78, 5) is 10.8. The van der Waals surface area contributed by atoms with Crippen LogP contribution in [0.1, 0.15) is 39.0 Å². The Labute approximate surface area is 85.6 Å². The lowest BCUT2D eigenvalue weighted by atomic mass is 9.81. The summed E-state index contributed by atoms with van der Waals surface area (Å²) in [5.74, 6) is 6.60. The highest BCUT2D eigenvalue weighted by Gasteiger charge is 2.18. The first-order chi connectivity index (χ1) is 6.72. The van der Waals surface area contributed by atoms with Crippen LogP contribution in [0.2, 0.25) is 0 Å². The molecular formula is C10H21N3O. The van der Waals surface area contributed by atoms with E-state index in [4.69, 9.17) is 5.84 Å². The van der Waals surface area contributed by atoms with Gasteiger partial charge in [0.1, 0.15) is 0 Å². The fourth-order valence-electron chi connectivity index (χ4n) is 2.26. The van der Waals surface area contributed by atoms with Crippen molar-refractivity contribution in [3.63, 3.8) is 0 Å². The van der Waals surface area contributed by atoms with E-state index in [1.54, 1.807) is 0 Å². The first-order valence-corrected chi connectivity index (χ1v) is 5.46. The van der Waals surface area contributed by atoms with Gasteiger partial charge in [-0.2, -0.15) is 0 Å². The molecule has 2 amide bonds. The van der Waals surface area contributed by atoms with Gasteiger partial charge in [0.25, 0.3) is 0 Å². The van der Waals surface area contributed by atoms with Crippen molar-refractivity contribution in [3.8, 4) is 0 Å². The zero-order chi connectivity index (χ0) is 10.4. The maximum Gasteiger partial charge on any atom is 0.328 e. The molecule has 0 aromatic rings. The molecule has 14 heavy (non-hydrogen) atoms. The first-order valence-electron chi connectivity index (χ1n) is 5.46. The summed E-state index contributed by atoms with van der Waals surface area (Å²) in [5, 5.41) is 2.72. The summed E-state index contributed by atoms with van der Waals surface area (Å²) in [6.45, 7) is 3.05. The average Bonchev–Trinajstić information content (AvgIpc) is 2.17. The van der Waals surface area contributed by atoms with Crippen molar-refractivity contribution in [2.24, 2.45) is 17.7 Å². The fraction of sp³-hybridized carbons (Fsp3) is 0.900. The maximum absolute atomic E-state index is 10.8. The van der Waals surface area contributed by atoms with Crippen LogP contribution in [0.25, 0.3) is 0 Å². The van der Waals surface area contributed by atoms with Crippen molar-refractivity contribution < 1.29 is 4.79 Å². The van der Waals surface area contributed by atoms with Crippen molar-refractivity contribution in [2.75, 3.05) is 6.54 Å². The number of hydrazine groups is 1. The van der Waals surface area contributed by atoms with Gasteiger partial charge in [-0.05, 0) is 24.7 Å². The number of nitrogens with one attached hydrogen (secondary N) is 2. The summed E-state index contributed by atoms with van der Waals surface area (Å²) in [7, 11) is 0. The molecule has 2 unspecified atom stereocenters. The van der Waals surface area contributed by atoms with Crippen LogP contribution in [-0.2, 0) is 0 Å². The molecular weight excluding hydrogens is 178 g/mol. The molecule has 4 heteroatoms. The van der Waals surface area contributed by atoms with E-state index in [-0.39, 0.29) is 6.03 Å². The number of hydrogen-bond donors (Lipinski definition) is 3. The van der Waals surface area contributed by atoms with Crippen molar-refractivity contribution in [1.82, 2.24) is 10.7 Å². The molecule has 1 fully saturated rings. The lowest BCUT2D eigenvalue weighted by Gasteiger charge is -2.26. The van der Waals surface area contributed by atoms with Crippen LogP contribution in [0, 0.1) is 11.8 Å². The highest BCUT2D eigenvalue weighted by atomic mass is 16.2. The molecule has 0 spiro atoms. The Morgan fingerprint density at radius 3 is 2.93 bits per heavy atom. The molecule has 0 bridgehead atoms. The Balaban J connectivity index is 2.08. The number of carbonyl (C=O) groups excluding carboxylic acids is 1. The molecule has 0 aromatic heterocycles. The van der Waals surface area contributed by atoms with E-state index in [2.05, 4.69) is 17.7 Å². The van der Waals surface area contributed by atoms with E-state index in [1.165, 1.54) is 25.7 Å². The summed E-state index contributed by atoms with van der Waals surface area (Å²) >= 11 is 0. The van der Waals surface area contributed by atoms with E-state index >= 15 is 0 Å². The monoisotopic (exact) mass is 199 g/mol. The number of carbonyl (C=O) groups is 1. The summed E-state index contributed by atoms with van der Waals surface area (Å²) < 4.78 is 0. The zero-order valence-electron chi connectivity index (χ0n) is 8.88. The van der Waals surface area contributed by atoms with Crippen LogP contribution >= 0.6 is 0 Å². The second kappa shape index (κ2) is 5.86. The number of amides is 2. The Bertz CT molecular complexity index is 184. The normalized spacial score (nSPS) is 27.0. The number of nitrogens with two attached hydrogens (primary N) is 1. The van der Waals surface area contributed by atoms with Crippen molar-refractivity contribution in [2.45, 2.75) is 39.0 Å². The minimum absolute atomic E-state index is 0.283. The van der Waals surface area contributed by atoms with Gasteiger partial charge in [-0.3, -0.25) is 5.43 Å². The third kappa shape index (κ3) is 3.96. The lowest BCUT2D eigenvalue weighted by molar-refractivity contribution is 0.236. The quantitative estimate of drug-likeness (QED) is 0.365. The molecule has 4 nitrogen and oxygen atoms in total.